The molecule has 0 saturated carbocycles. The molecule has 0 aromatic heterocycles. The summed E-state index contributed by atoms with van der Waals surface area (Å²) < 4.78 is 17.6. The molecule has 5 nitrogen and oxygen atoms in total. The number of rotatable bonds is 7. The summed E-state index contributed by atoms with van der Waals surface area (Å²) in [4.78, 5) is 11.0. The smallest absolute Gasteiger partial charge is 0.172 e. The monoisotopic (exact) mass is 431 g/mol. The van der Waals surface area contributed by atoms with E-state index in [1.54, 1.807) is 6.92 Å². The second kappa shape index (κ2) is 10.0. The van der Waals surface area contributed by atoms with Gasteiger partial charge in [0.2, 0.25) is 0 Å². The molecule has 32 heavy (non-hydrogen) atoms. The molecule has 1 aliphatic heterocycles. The van der Waals surface area contributed by atoms with Crippen LogP contribution >= 0.6 is 0 Å². The van der Waals surface area contributed by atoms with E-state index in [0.29, 0.717) is 19.8 Å². The number of ether oxygens (including phenoxy) is 3. The van der Waals surface area contributed by atoms with E-state index in [9.17, 15) is 9.90 Å². The Morgan fingerprint density at radius 1 is 1.19 bits per heavy atom. The van der Waals surface area contributed by atoms with Crippen molar-refractivity contribution >= 4 is 11.5 Å². The van der Waals surface area contributed by atoms with E-state index >= 15 is 0 Å². The molecule has 166 valence electrons. The number of carbonyl (C=O) groups excluding carboxylic acids is 1. The van der Waals surface area contributed by atoms with Crippen LogP contribution in [0.5, 0.6) is 5.75 Å². The van der Waals surface area contributed by atoms with Crippen LogP contribution in [-0.2, 0) is 20.9 Å². The maximum atomic E-state index is 11.0. The minimum absolute atomic E-state index is 0.122. The Labute approximate surface area is 189 Å². The molecule has 2 aliphatic rings. The van der Waals surface area contributed by atoms with Crippen LogP contribution in [0.3, 0.4) is 0 Å². The molecular weight excluding hydrogens is 404 g/mol. The highest BCUT2D eigenvalue weighted by atomic mass is 16.7. The van der Waals surface area contributed by atoms with Crippen molar-refractivity contribution < 1.29 is 24.1 Å². The fraction of sp³-hybridized carbons (Fsp3) is 0.370. The van der Waals surface area contributed by atoms with Crippen LogP contribution in [0.25, 0.3) is 5.57 Å². The van der Waals surface area contributed by atoms with Gasteiger partial charge in [0.05, 0.1) is 19.1 Å². The van der Waals surface area contributed by atoms with Gasteiger partial charge >= 0.3 is 0 Å². The average Bonchev–Trinajstić information content (AvgIpc) is 3.26. The number of carboxylic acids is 1. The first-order valence-electron chi connectivity index (χ1n) is 11.0. The lowest BCUT2D eigenvalue weighted by molar-refractivity contribution is -0.305. The number of carbonyl (C=O) groups is 1. The summed E-state index contributed by atoms with van der Waals surface area (Å²) in [6.07, 6.45) is 4.71. The van der Waals surface area contributed by atoms with Crippen molar-refractivity contribution in [3.05, 3.63) is 71.3 Å². The second-order valence-corrected chi connectivity index (χ2v) is 8.12. The number of hydrogen-bond donors (Lipinski definition) is 0. The van der Waals surface area contributed by atoms with Gasteiger partial charge in [0.1, 0.15) is 12.4 Å². The molecule has 1 saturated heterocycles. The molecule has 0 unspecified atom stereocenters. The fourth-order valence-electron chi connectivity index (χ4n) is 4.25. The second-order valence-electron chi connectivity index (χ2n) is 8.12. The topological polar surface area (TPSA) is 67.8 Å². The molecule has 2 aromatic carbocycles. The van der Waals surface area contributed by atoms with Gasteiger partial charge in [0, 0.05) is 25.2 Å². The van der Waals surface area contributed by atoms with Crippen LogP contribution in [0, 0.1) is 11.8 Å². The molecule has 0 N–H and O–H groups in total. The lowest BCUT2D eigenvalue weighted by Crippen LogP contribution is -2.31. The summed E-state index contributed by atoms with van der Waals surface area (Å²) in [6, 6.07) is 15.8. The highest BCUT2D eigenvalue weighted by Gasteiger charge is 2.37. The first kappa shape index (κ1) is 22.1. The molecule has 4 rings (SSSR count). The van der Waals surface area contributed by atoms with Crippen LogP contribution in [0.1, 0.15) is 55.2 Å². The average molecular weight is 432 g/mol. The highest BCUT2D eigenvalue weighted by Crippen LogP contribution is 2.38. The van der Waals surface area contributed by atoms with E-state index in [1.807, 2.05) is 24.3 Å². The Hall–Kier alpha value is -3.07. The number of benzene rings is 2. The molecule has 0 radical (unpaired) electrons. The third-order valence-corrected chi connectivity index (χ3v) is 5.92. The molecule has 1 atom stereocenters. The molecule has 1 fully saturated rings. The van der Waals surface area contributed by atoms with Crippen molar-refractivity contribution in [2.45, 2.75) is 50.9 Å². The molecule has 0 bridgehead atoms. The number of carboxylic acid groups (broad SMARTS) is 1. The first-order valence-corrected chi connectivity index (χ1v) is 11.0. The quantitative estimate of drug-likeness (QED) is 0.624. The van der Waals surface area contributed by atoms with Gasteiger partial charge < -0.3 is 24.1 Å². The Bertz CT molecular complexity index is 1040. The van der Waals surface area contributed by atoms with Gasteiger partial charge in [-0.3, -0.25) is 0 Å². The zero-order valence-electron chi connectivity index (χ0n) is 18.3. The van der Waals surface area contributed by atoms with E-state index in [0.717, 1.165) is 36.1 Å². The van der Waals surface area contributed by atoms with Crippen LogP contribution < -0.4 is 9.84 Å². The largest absolute Gasteiger partial charge is 0.550 e. The van der Waals surface area contributed by atoms with E-state index < -0.39 is 11.8 Å². The summed E-state index contributed by atoms with van der Waals surface area (Å²) in [5.41, 5.74) is 4.46. The van der Waals surface area contributed by atoms with Gasteiger partial charge in [-0.05, 0) is 53.8 Å². The standard InChI is InChI=1S/C27H28O5/c1-2-4-23(18-26(28)29)21-7-9-25(10-8-21)30-19-20-5-3-6-24(17-20)22-11-13-27(14-12-22)31-15-16-32-27/h3,5-11,17,23H,12-16,18-19H2,1H3,(H,28,29)/p-1/t23-/m1/s1. The SMILES string of the molecule is CC#C[C@H](CC(=O)[O-])c1ccc(OCc2cccc(C3=CCC4(CC3)OCCO4)c2)cc1. The van der Waals surface area contributed by atoms with Gasteiger partial charge in [-0.15, -0.1) is 5.92 Å². The van der Waals surface area contributed by atoms with Gasteiger partial charge in [0.25, 0.3) is 0 Å². The summed E-state index contributed by atoms with van der Waals surface area (Å²) in [7, 11) is 0. The van der Waals surface area contributed by atoms with Crippen molar-refractivity contribution in [2.75, 3.05) is 13.2 Å². The predicted octanol–water partition coefficient (Wildman–Crippen LogP) is 3.82. The number of aliphatic carboxylic acids is 1. The summed E-state index contributed by atoms with van der Waals surface area (Å²) >= 11 is 0. The van der Waals surface area contributed by atoms with Crippen molar-refractivity contribution in [2.24, 2.45) is 0 Å². The molecule has 1 heterocycles. The Morgan fingerprint density at radius 3 is 2.62 bits per heavy atom. The van der Waals surface area contributed by atoms with E-state index in [-0.39, 0.29) is 12.3 Å². The van der Waals surface area contributed by atoms with Crippen molar-refractivity contribution in [3.8, 4) is 17.6 Å². The first-order chi connectivity index (χ1) is 15.6. The minimum Gasteiger partial charge on any atom is -0.550 e. The van der Waals surface area contributed by atoms with Crippen LogP contribution in [0.2, 0.25) is 0 Å². The highest BCUT2D eigenvalue weighted by molar-refractivity contribution is 5.67. The van der Waals surface area contributed by atoms with Crippen LogP contribution in [0.4, 0.5) is 0 Å². The third-order valence-electron chi connectivity index (χ3n) is 5.92. The van der Waals surface area contributed by atoms with Crippen LogP contribution in [0.15, 0.2) is 54.6 Å². The molecular formula is C27H27O5-. The predicted molar refractivity (Wildman–Crippen MR) is 119 cm³/mol. The summed E-state index contributed by atoms with van der Waals surface area (Å²) in [5.74, 6) is 4.56. The molecule has 5 heteroatoms. The Balaban J connectivity index is 1.37. The number of allylic oxidation sites excluding steroid dienone is 1. The molecule has 0 amide bonds. The minimum atomic E-state index is -1.11. The lowest BCUT2D eigenvalue weighted by atomic mass is 9.89. The maximum Gasteiger partial charge on any atom is 0.172 e. The Morgan fingerprint density at radius 2 is 1.97 bits per heavy atom. The van der Waals surface area contributed by atoms with E-state index in [2.05, 4.69) is 42.2 Å². The maximum absolute atomic E-state index is 11.0. The zero-order chi connectivity index (χ0) is 22.4. The van der Waals surface area contributed by atoms with Gasteiger partial charge in [0.15, 0.2) is 5.79 Å². The Kier molecular flexibility index (Phi) is 6.94. The lowest BCUT2D eigenvalue weighted by Gasteiger charge is -2.30. The molecule has 2 aromatic rings. The molecule has 1 spiro atoms. The van der Waals surface area contributed by atoms with Gasteiger partial charge in [-0.1, -0.05) is 42.3 Å². The normalized spacial score (nSPS) is 17.8. The van der Waals surface area contributed by atoms with E-state index in [4.69, 9.17) is 14.2 Å². The zero-order valence-corrected chi connectivity index (χ0v) is 18.3. The van der Waals surface area contributed by atoms with Gasteiger partial charge in [-0.2, -0.15) is 0 Å². The van der Waals surface area contributed by atoms with Gasteiger partial charge in [-0.25, -0.2) is 0 Å². The third kappa shape index (κ3) is 5.40. The summed E-state index contributed by atoms with van der Waals surface area (Å²) in [6.45, 7) is 3.51. The van der Waals surface area contributed by atoms with Crippen LogP contribution in [-0.4, -0.2) is 25.0 Å². The van der Waals surface area contributed by atoms with Crippen molar-refractivity contribution in [1.29, 1.82) is 0 Å². The van der Waals surface area contributed by atoms with E-state index in [1.165, 1.54) is 11.1 Å². The van der Waals surface area contributed by atoms with Crippen molar-refractivity contribution in [3.63, 3.8) is 0 Å². The van der Waals surface area contributed by atoms with Crippen molar-refractivity contribution in [1.82, 2.24) is 0 Å². The number of hydrogen-bond acceptors (Lipinski definition) is 5. The fourth-order valence-corrected chi connectivity index (χ4v) is 4.25. The summed E-state index contributed by atoms with van der Waals surface area (Å²) in [5, 5.41) is 11.0. The molecule has 1 aliphatic carbocycles.